The van der Waals surface area contributed by atoms with Crippen LogP contribution in [0.3, 0.4) is 0 Å². The third kappa shape index (κ3) is 5.29. The van der Waals surface area contributed by atoms with Gasteiger partial charge in [-0.2, -0.15) is 0 Å². The highest BCUT2D eigenvalue weighted by Crippen LogP contribution is 2.62. The van der Waals surface area contributed by atoms with Gasteiger partial charge in [0.05, 0.1) is 5.41 Å². The van der Waals surface area contributed by atoms with E-state index in [9.17, 15) is 0 Å². The maximum atomic E-state index is 2.57. The smallest absolute Gasteiger partial charge is 0.0714 e. The summed E-state index contributed by atoms with van der Waals surface area (Å²) in [5, 5.41) is 2.45. The third-order valence-electron chi connectivity index (χ3n) is 15.5. The Morgan fingerprint density at radius 2 is 0.742 bits per heavy atom. The van der Waals surface area contributed by atoms with Gasteiger partial charge in [0, 0.05) is 27.9 Å². The van der Waals surface area contributed by atoms with E-state index in [1.807, 2.05) is 0 Å². The quantitative estimate of drug-likeness (QED) is 0.161. The summed E-state index contributed by atoms with van der Waals surface area (Å²) in [6.07, 6.45) is 0. The summed E-state index contributed by atoms with van der Waals surface area (Å²) in [5.41, 5.74) is 23.8. The minimum Gasteiger partial charge on any atom is -0.310 e. The van der Waals surface area contributed by atoms with Gasteiger partial charge >= 0.3 is 0 Å². The van der Waals surface area contributed by atoms with Gasteiger partial charge in [-0.3, -0.25) is 0 Å². The molecule has 314 valence electrons. The Morgan fingerprint density at radius 3 is 1.41 bits per heavy atom. The van der Waals surface area contributed by atoms with E-state index < -0.39 is 5.41 Å². The molecule has 0 unspecified atom stereocenters. The van der Waals surface area contributed by atoms with Crippen molar-refractivity contribution in [1.82, 2.24) is 0 Å². The van der Waals surface area contributed by atoms with Crippen molar-refractivity contribution in [2.45, 2.75) is 43.9 Å². The van der Waals surface area contributed by atoms with Gasteiger partial charge in [-0.25, -0.2) is 0 Å². The van der Waals surface area contributed by atoms with Gasteiger partial charge in [-0.05, 0) is 136 Å². The fraction of sp³-hybridized carbons (Fsp3) is 0.108. The highest BCUT2D eigenvalue weighted by Gasteiger charge is 2.47. The van der Waals surface area contributed by atoms with Crippen molar-refractivity contribution in [3.63, 3.8) is 0 Å². The van der Waals surface area contributed by atoms with E-state index in [1.165, 1.54) is 99.8 Å². The highest BCUT2D eigenvalue weighted by atomic mass is 15.1. The van der Waals surface area contributed by atoms with Crippen molar-refractivity contribution in [2.24, 2.45) is 0 Å². The fourth-order valence-electron chi connectivity index (χ4n) is 12.4. The molecule has 3 aliphatic rings. The zero-order valence-electron chi connectivity index (χ0n) is 37.8. The Kier molecular flexibility index (Phi) is 8.28. The second-order valence-electron chi connectivity index (χ2n) is 19.6. The first-order chi connectivity index (χ1) is 32.3. The van der Waals surface area contributed by atoms with Crippen LogP contribution in [0.1, 0.15) is 72.2 Å². The maximum Gasteiger partial charge on any atom is 0.0714 e. The van der Waals surface area contributed by atoms with Gasteiger partial charge in [-0.15, -0.1) is 0 Å². The molecule has 0 amide bonds. The van der Waals surface area contributed by atoms with Gasteiger partial charge in [-0.1, -0.05) is 216 Å². The van der Waals surface area contributed by atoms with Crippen molar-refractivity contribution >= 4 is 27.8 Å². The van der Waals surface area contributed by atoms with Crippen LogP contribution in [-0.4, -0.2) is 0 Å². The first kappa shape index (κ1) is 38.7. The zero-order valence-corrected chi connectivity index (χ0v) is 37.8. The average Bonchev–Trinajstić information content (AvgIpc) is 3.88. The molecule has 13 rings (SSSR count). The van der Waals surface area contributed by atoms with Gasteiger partial charge in [0.2, 0.25) is 0 Å². The van der Waals surface area contributed by atoms with Crippen molar-refractivity contribution in [1.29, 1.82) is 0 Å². The van der Waals surface area contributed by atoms with E-state index in [-0.39, 0.29) is 10.8 Å². The van der Waals surface area contributed by atoms with Gasteiger partial charge < -0.3 is 4.90 Å². The summed E-state index contributed by atoms with van der Waals surface area (Å²) < 4.78 is 0. The molecule has 3 aliphatic carbocycles. The lowest BCUT2D eigenvalue weighted by atomic mass is 9.67. The lowest BCUT2D eigenvalue weighted by molar-refractivity contribution is 0.639. The molecule has 0 aromatic heterocycles. The Bertz CT molecular complexity index is 3540. The fourth-order valence-corrected chi connectivity index (χ4v) is 12.4. The van der Waals surface area contributed by atoms with Crippen LogP contribution in [0.25, 0.3) is 55.3 Å². The Labute approximate surface area is 388 Å². The van der Waals surface area contributed by atoms with Gasteiger partial charge in [0.1, 0.15) is 0 Å². The summed E-state index contributed by atoms with van der Waals surface area (Å²) in [6.45, 7) is 9.71. The van der Waals surface area contributed by atoms with Gasteiger partial charge in [0.15, 0.2) is 0 Å². The number of fused-ring (bicyclic) bond motifs is 10. The molecule has 0 radical (unpaired) electrons. The number of hydrogen-bond donors (Lipinski definition) is 0. The predicted octanol–water partition coefficient (Wildman–Crippen LogP) is 17.0. The van der Waals surface area contributed by atoms with Crippen molar-refractivity contribution < 1.29 is 0 Å². The molecular weight excluding hydrogens is 795 g/mol. The Balaban J connectivity index is 1.06. The molecule has 0 aliphatic heterocycles. The number of benzene rings is 10. The van der Waals surface area contributed by atoms with E-state index in [2.05, 4.69) is 257 Å². The second-order valence-corrected chi connectivity index (χ2v) is 19.6. The first-order valence-electron chi connectivity index (χ1n) is 23.4. The van der Waals surface area contributed by atoms with Crippen LogP contribution in [0.2, 0.25) is 0 Å². The molecule has 0 spiro atoms. The molecular formula is C65H49N. The van der Waals surface area contributed by atoms with E-state index in [0.717, 1.165) is 17.1 Å². The van der Waals surface area contributed by atoms with Crippen molar-refractivity contribution in [3.05, 3.63) is 269 Å². The van der Waals surface area contributed by atoms with Crippen LogP contribution < -0.4 is 4.90 Å². The average molecular weight is 844 g/mol. The van der Waals surface area contributed by atoms with E-state index in [4.69, 9.17) is 0 Å². The molecule has 0 bridgehead atoms. The minimum absolute atomic E-state index is 0.130. The molecule has 1 heteroatoms. The first-order valence-corrected chi connectivity index (χ1v) is 23.4. The molecule has 0 saturated carbocycles. The van der Waals surface area contributed by atoms with E-state index in [1.54, 1.807) is 0 Å². The van der Waals surface area contributed by atoms with Crippen molar-refractivity contribution in [3.8, 4) is 44.5 Å². The Morgan fingerprint density at radius 1 is 0.288 bits per heavy atom. The van der Waals surface area contributed by atoms with Crippen LogP contribution in [-0.2, 0) is 16.2 Å². The molecule has 10 aromatic rings. The number of nitrogens with zero attached hydrogens (tertiary/aromatic N) is 1. The standard InChI is InChI=1S/C65H49N/c1-63(2)54-30-18-17-29-52(54)61-58(63)41-59-62(60(61)43-21-8-5-9-22-43)53-37-35-48(39-56(53)64(59,3)4)66(47-33-32-42-20-14-15-23-44(42)38-47)49-34-36-51-50-28-16-19-31-55(50)65(57(51)40-49,45-24-10-6-11-25-45)46-26-12-7-13-27-46/h5-41H,1-4H3. The van der Waals surface area contributed by atoms with Crippen LogP contribution in [0.15, 0.2) is 224 Å². The molecule has 1 nitrogen and oxygen atoms in total. The number of rotatable bonds is 6. The summed E-state index contributed by atoms with van der Waals surface area (Å²) >= 11 is 0. The normalized spacial score (nSPS) is 15.0. The van der Waals surface area contributed by atoms with E-state index >= 15 is 0 Å². The van der Waals surface area contributed by atoms with Crippen LogP contribution in [0.5, 0.6) is 0 Å². The van der Waals surface area contributed by atoms with Crippen LogP contribution >= 0.6 is 0 Å². The SMILES string of the molecule is CC1(C)c2ccccc2-c2c1cc1c(c2-c2ccccc2)-c2ccc(N(c3ccc4c(c3)C(c3ccccc3)(c3ccccc3)c3ccccc3-4)c3ccc4ccccc4c3)cc2C1(C)C. The molecule has 0 N–H and O–H groups in total. The summed E-state index contributed by atoms with van der Waals surface area (Å²) in [5.74, 6) is 0. The number of hydrogen-bond acceptors (Lipinski definition) is 1. The van der Waals surface area contributed by atoms with Crippen LogP contribution in [0, 0.1) is 0 Å². The highest BCUT2D eigenvalue weighted by molar-refractivity contribution is 6.05. The summed E-state index contributed by atoms with van der Waals surface area (Å²) in [7, 11) is 0. The summed E-state index contributed by atoms with van der Waals surface area (Å²) in [6, 6.07) is 84.3. The molecule has 0 fully saturated rings. The third-order valence-corrected chi connectivity index (χ3v) is 15.5. The Hall–Kier alpha value is -7.74. The lowest BCUT2D eigenvalue weighted by Crippen LogP contribution is -2.28. The molecule has 0 heterocycles. The lowest BCUT2D eigenvalue weighted by Gasteiger charge is -2.35. The van der Waals surface area contributed by atoms with Gasteiger partial charge in [0.25, 0.3) is 0 Å². The second kappa shape index (κ2) is 14.1. The summed E-state index contributed by atoms with van der Waals surface area (Å²) in [4.78, 5) is 2.51. The molecule has 10 aromatic carbocycles. The maximum absolute atomic E-state index is 2.57. The molecule has 0 saturated heterocycles. The number of anilines is 3. The monoisotopic (exact) mass is 843 g/mol. The topological polar surface area (TPSA) is 3.24 Å². The van der Waals surface area contributed by atoms with Crippen molar-refractivity contribution in [2.75, 3.05) is 4.90 Å². The molecule has 66 heavy (non-hydrogen) atoms. The molecule has 0 atom stereocenters. The predicted molar refractivity (Wildman–Crippen MR) is 276 cm³/mol. The van der Waals surface area contributed by atoms with Crippen LogP contribution in [0.4, 0.5) is 17.1 Å². The minimum atomic E-state index is -0.512. The largest absolute Gasteiger partial charge is 0.310 e. The zero-order chi connectivity index (χ0) is 44.4. The van der Waals surface area contributed by atoms with E-state index in [0.29, 0.717) is 0 Å².